The van der Waals surface area contributed by atoms with Crippen LogP contribution in [0.3, 0.4) is 0 Å². The monoisotopic (exact) mass is 141 g/mol. The van der Waals surface area contributed by atoms with Gasteiger partial charge in [-0.3, -0.25) is 0 Å². The second kappa shape index (κ2) is 23.3. The Kier molecular flexibility index (Phi) is 270. The molecule has 1 radical (unpaired) electrons. The summed E-state index contributed by atoms with van der Waals surface area (Å²) in [6, 6.07) is 0. The van der Waals surface area contributed by atoms with Crippen LogP contribution >= 0.6 is 0 Å². The second-order valence-corrected chi connectivity index (χ2v) is 0. The summed E-state index contributed by atoms with van der Waals surface area (Å²) in [6.45, 7) is 0. The topological polar surface area (TPSA) is 0 Å². The van der Waals surface area contributed by atoms with Crippen LogP contribution in [0.5, 0.6) is 0 Å². The Morgan fingerprint density at radius 3 is 1.25 bits per heavy atom. The van der Waals surface area contributed by atoms with Crippen molar-refractivity contribution < 1.29 is 53.6 Å². The third-order valence-corrected chi connectivity index (χ3v) is 0. The van der Waals surface area contributed by atoms with E-state index in [9.17, 15) is 0 Å². The second-order valence-electron chi connectivity index (χ2n) is 0. The van der Waals surface area contributed by atoms with E-state index in [1.807, 2.05) is 0 Å². The fraction of sp³-hybridized carbons (Fsp3) is 1.00. The molecule has 0 unspecified atom stereocenters. The van der Waals surface area contributed by atoms with Crippen LogP contribution < -0.4 is 18.9 Å². The summed E-state index contributed by atoms with van der Waals surface area (Å²) in [7, 11) is 0. The third kappa shape index (κ3) is 9.51. The van der Waals surface area contributed by atoms with Crippen molar-refractivity contribution in [3.05, 3.63) is 0 Å². The average molecular weight is 142 g/mol. The summed E-state index contributed by atoms with van der Waals surface area (Å²) in [6.07, 6.45) is 0. The van der Waals surface area contributed by atoms with Gasteiger partial charge in [-0.1, -0.05) is 7.43 Å². The maximum absolute atomic E-state index is 0. The van der Waals surface area contributed by atoms with E-state index in [0.717, 1.165) is 0 Å². The average Bonchev–Trinajstić information content (AvgIpc) is 0. The molecule has 0 aromatic heterocycles. The van der Waals surface area contributed by atoms with Crippen molar-refractivity contribution in [1.82, 2.24) is 0 Å². The number of hydrogen-bond acceptors (Lipinski definition) is 0. The van der Waals surface area contributed by atoms with Gasteiger partial charge in [0, 0.05) is 33.3 Å². The van der Waals surface area contributed by atoms with Gasteiger partial charge in [-0.25, -0.2) is 0 Å². The van der Waals surface area contributed by atoms with Crippen LogP contribution in [0.2, 0.25) is 0 Å². The normalized spacial score (nSPS) is 0. The zero-order valence-corrected chi connectivity index (χ0v) is 3.68. The summed E-state index contributed by atoms with van der Waals surface area (Å²) < 4.78 is 0. The Morgan fingerprint density at radius 2 is 1.25 bits per heavy atom. The molecule has 3 heteroatoms. The zero-order valence-electron chi connectivity index (χ0n) is 2.65. The van der Waals surface area contributed by atoms with Gasteiger partial charge in [0.15, 0.2) is 0 Å². The molecule has 0 saturated heterocycles. The van der Waals surface area contributed by atoms with Crippen LogP contribution in [-0.4, -0.2) is 0 Å². The molecule has 0 nitrogen and oxygen atoms in total. The molecular formula is CH5CoLiNi. The quantitative estimate of drug-likeness (QED) is 0.335. The Balaban J connectivity index is 0. The van der Waals surface area contributed by atoms with Crippen molar-refractivity contribution in [3.8, 4) is 0 Å². The van der Waals surface area contributed by atoms with Crippen LogP contribution in [-0.2, 0) is 33.3 Å². The first-order valence-electron chi connectivity index (χ1n) is 0. The predicted molar refractivity (Wildman–Crippen MR) is 7.84 cm³/mol. The molecule has 0 saturated carbocycles. The van der Waals surface area contributed by atoms with E-state index < -0.39 is 0 Å². The molecule has 0 aliphatic rings. The van der Waals surface area contributed by atoms with E-state index in [-0.39, 0.29) is 61.0 Å². The first kappa shape index (κ1) is 46.4. The summed E-state index contributed by atoms with van der Waals surface area (Å²) in [5, 5.41) is 0. The van der Waals surface area contributed by atoms with Gasteiger partial charge in [0.05, 0.1) is 0 Å². The largest absolute Gasteiger partial charge is 1.00 e. The molecule has 0 atom stereocenters. The van der Waals surface area contributed by atoms with Gasteiger partial charge in [-0.15, -0.1) is 0 Å². The van der Waals surface area contributed by atoms with Crippen molar-refractivity contribution in [2.45, 2.75) is 7.43 Å². The van der Waals surface area contributed by atoms with Gasteiger partial charge in [0.2, 0.25) is 0 Å². The van der Waals surface area contributed by atoms with E-state index >= 15 is 0 Å². The molecule has 0 aromatic carbocycles. The molecule has 0 aliphatic carbocycles. The molecule has 0 N–H and O–H groups in total. The Bertz CT molecular complexity index is 11.6. The van der Waals surface area contributed by atoms with Crippen LogP contribution in [0, 0.1) is 0 Å². The smallest absolute Gasteiger partial charge is 1.00 e. The molecular weight excluding hydrogens is 137 g/mol. The van der Waals surface area contributed by atoms with Crippen molar-refractivity contribution in [2.24, 2.45) is 0 Å². The molecule has 0 heterocycles. The Hall–Kier alpha value is 1.60. The predicted octanol–water partition coefficient (Wildman–Crippen LogP) is -2.25. The van der Waals surface area contributed by atoms with Crippen molar-refractivity contribution in [2.75, 3.05) is 0 Å². The molecule has 0 rings (SSSR count). The maximum Gasteiger partial charge on any atom is 1.00 e. The van der Waals surface area contributed by atoms with E-state index in [2.05, 4.69) is 0 Å². The van der Waals surface area contributed by atoms with Gasteiger partial charge in [-0.05, 0) is 0 Å². The minimum atomic E-state index is 0. The van der Waals surface area contributed by atoms with E-state index in [1.165, 1.54) is 0 Å². The van der Waals surface area contributed by atoms with Crippen LogP contribution in [0.1, 0.15) is 8.85 Å². The van der Waals surface area contributed by atoms with Gasteiger partial charge in [0.1, 0.15) is 0 Å². The molecule has 0 fully saturated rings. The maximum atomic E-state index is 0. The molecule has 4 heavy (non-hydrogen) atoms. The summed E-state index contributed by atoms with van der Waals surface area (Å²) in [5.74, 6) is 0. The van der Waals surface area contributed by atoms with E-state index in [0.29, 0.717) is 0 Å². The van der Waals surface area contributed by atoms with Crippen molar-refractivity contribution >= 4 is 0 Å². The van der Waals surface area contributed by atoms with Gasteiger partial charge < -0.3 is 1.43 Å². The summed E-state index contributed by atoms with van der Waals surface area (Å²) >= 11 is 0. The molecule has 0 bridgehead atoms. The van der Waals surface area contributed by atoms with Crippen molar-refractivity contribution in [3.63, 3.8) is 0 Å². The number of rotatable bonds is 0. The van der Waals surface area contributed by atoms with Gasteiger partial charge in [-0.2, -0.15) is 0 Å². The Morgan fingerprint density at radius 1 is 1.25 bits per heavy atom. The molecule has 0 aromatic rings. The van der Waals surface area contributed by atoms with Crippen LogP contribution in [0.25, 0.3) is 0 Å². The third-order valence-electron chi connectivity index (χ3n) is 0. The first-order valence-corrected chi connectivity index (χ1v) is 0. The zero-order chi connectivity index (χ0) is 0. The fourth-order valence-electron chi connectivity index (χ4n) is 0. The first-order chi connectivity index (χ1) is 0. The van der Waals surface area contributed by atoms with Crippen LogP contribution in [0.15, 0.2) is 0 Å². The molecule has 0 spiro atoms. The van der Waals surface area contributed by atoms with E-state index in [1.54, 1.807) is 0 Å². The number of hydrogen-bond donors (Lipinski definition) is 0. The van der Waals surface area contributed by atoms with Crippen LogP contribution in [0.4, 0.5) is 0 Å². The summed E-state index contributed by atoms with van der Waals surface area (Å²) in [5.41, 5.74) is 0. The van der Waals surface area contributed by atoms with Gasteiger partial charge in [0.25, 0.3) is 0 Å². The SMILES string of the molecule is C.[Co].[H-].[Li+].[Ni]. The minimum Gasteiger partial charge on any atom is -1.00 e. The fourth-order valence-corrected chi connectivity index (χ4v) is 0. The standard InChI is InChI=1S/CH4.Co.Li.Ni.H/h1H4;;;;/q;;+1;;-1. The molecule has 29 valence electrons. The molecule has 0 amide bonds. The summed E-state index contributed by atoms with van der Waals surface area (Å²) in [4.78, 5) is 0. The van der Waals surface area contributed by atoms with E-state index in [4.69, 9.17) is 0 Å². The molecule has 0 aliphatic heterocycles. The Labute approximate surface area is 60.9 Å². The van der Waals surface area contributed by atoms with Gasteiger partial charge >= 0.3 is 18.9 Å². The minimum absolute atomic E-state index is 0. The van der Waals surface area contributed by atoms with Crippen molar-refractivity contribution in [1.29, 1.82) is 0 Å².